The zero-order valence-electron chi connectivity index (χ0n) is 13.8. The van der Waals surface area contributed by atoms with Crippen LogP contribution >= 0.6 is 0 Å². The van der Waals surface area contributed by atoms with Crippen molar-refractivity contribution in [2.45, 2.75) is 45.6 Å². The van der Waals surface area contributed by atoms with Gasteiger partial charge >= 0.3 is 5.97 Å². The molecule has 1 saturated carbocycles. The van der Waals surface area contributed by atoms with Crippen molar-refractivity contribution in [3.63, 3.8) is 0 Å². The lowest BCUT2D eigenvalue weighted by atomic mass is 9.86. The van der Waals surface area contributed by atoms with Gasteiger partial charge in [0.25, 0.3) is 5.91 Å². The second-order valence-corrected chi connectivity index (χ2v) is 6.15. The van der Waals surface area contributed by atoms with Crippen LogP contribution in [0.15, 0.2) is 24.3 Å². The highest BCUT2D eigenvalue weighted by atomic mass is 16.6. The average molecular weight is 319 g/mol. The second-order valence-electron chi connectivity index (χ2n) is 6.15. The molecule has 1 N–H and O–H groups in total. The summed E-state index contributed by atoms with van der Waals surface area (Å²) >= 11 is 0. The molecule has 0 radical (unpaired) electrons. The molecule has 0 aromatic heterocycles. The summed E-state index contributed by atoms with van der Waals surface area (Å²) in [6.45, 7) is 3.60. The van der Waals surface area contributed by atoms with Gasteiger partial charge in [-0.25, -0.2) is 4.79 Å². The number of aryl methyl sites for hydroxylation is 1. The second kappa shape index (κ2) is 8.56. The van der Waals surface area contributed by atoms with Gasteiger partial charge in [-0.2, -0.15) is 0 Å². The molecule has 2 atom stereocenters. The summed E-state index contributed by atoms with van der Waals surface area (Å²) in [7, 11) is 0. The largest absolute Gasteiger partial charge is 0.482 e. The Kier molecular flexibility index (Phi) is 6.44. The van der Waals surface area contributed by atoms with Crippen molar-refractivity contribution in [1.29, 1.82) is 0 Å². The molecule has 0 aliphatic heterocycles. The molecule has 5 heteroatoms. The Balaban J connectivity index is 1.67. The first-order chi connectivity index (χ1) is 11.1. The van der Waals surface area contributed by atoms with E-state index < -0.39 is 5.97 Å². The van der Waals surface area contributed by atoms with E-state index in [2.05, 4.69) is 12.2 Å². The summed E-state index contributed by atoms with van der Waals surface area (Å²) in [6.07, 6.45) is 4.49. The van der Waals surface area contributed by atoms with E-state index in [4.69, 9.17) is 9.47 Å². The van der Waals surface area contributed by atoms with E-state index in [0.717, 1.165) is 24.8 Å². The maximum atomic E-state index is 11.9. The van der Waals surface area contributed by atoms with Crippen molar-refractivity contribution >= 4 is 11.9 Å². The third-order valence-electron chi connectivity index (χ3n) is 4.26. The van der Waals surface area contributed by atoms with Gasteiger partial charge in [-0.3, -0.25) is 4.79 Å². The van der Waals surface area contributed by atoms with Crippen LogP contribution in [0.5, 0.6) is 5.75 Å². The minimum absolute atomic E-state index is 0.193. The lowest BCUT2D eigenvalue weighted by Gasteiger charge is -2.29. The van der Waals surface area contributed by atoms with Gasteiger partial charge in [-0.15, -0.1) is 0 Å². The van der Waals surface area contributed by atoms with Crippen molar-refractivity contribution < 1.29 is 19.1 Å². The number of carbonyl (C=O) groups excluding carboxylic acids is 2. The summed E-state index contributed by atoms with van der Waals surface area (Å²) in [5.41, 5.74) is 0.948. The van der Waals surface area contributed by atoms with Gasteiger partial charge in [-0.1, -0.05) is 38.0 Å². The minimum atomic E-state index is -0.542. The number of nitrogens with one attached hydrogen (secondary N) is 1. The zero-order valence-corrected chi connectivity index (χ0v) is 13.8. The van der Waals surface area contributed by atoms with Crippen LogP contribution in [-0.2, 0) is 14.3 Å². The number of rotatable bonds is 6. The van der Waals surface area contributed by atoms with Crippen LogP contribution in [0.1, 0.15) is 38.2 Å². The average Bonchev–Trinajstić information content (AvgIpc) is 2.54. The molecule has 126 valence electrons. The highest BCUT2D eigenvalue weighted by Crippen LogP contribution is 2.23. The number of hydrogen-bond acceptors (Lipinski definition) is 4. The Bertz CT molecular complexity index is 544. The van der Waals surface area contributed by atoms with Crippen LogP contribution in [0.4, 0.5) is 0 Å². The van der Waals surface area contributed by atoms with E-state index in [-0.39, 0.29) is 25.2 Å². The molecule has 0 heterocycles. The van der Waals surface area contributed by atoms with Gasteiger partial charge in [0, 0.05) is 6.04 Å². The third-order valence-corrected chi connectivity index (χ3v) is 4.26. The Labute approximate surface area is 137 Å². The predicted octanol–water partition coefficient (Wildman–Crippen LogP) is 2.61. The van der Waals surface area contributed by atoms with E-state index in [9.17, 15) is 9.59 Å². The first kappa shape index (κ1) is 17.3. The van der Waals surface area contributed by atoms with Gasteiger partial charge in [0.1, 0.15) is 5.75 Å². The topological polar surface area (TPSA) is 64.6 Å². The van der Waals surface area contributed by atoms with Gasteiger partial charge in [0.05, 0.1) is 0 Å². The van der Waals surface area contributed by atoms with Gasteiger partial charge in [-0.05, 0) is 37.3 Å². The number of benzene rings is 1. The van der Waals surface area contributed by atoms with Crippen LogP contribution in [0, 0.1) is 12.8 Å². The molecule has 0 unspecified atom stereocenters. The predicted molar refractivity (Wildman–Crippen MR) is 87.2 cm³/mol. The molecule has 0 saturated heterocycles. The molecule has 1 aliphatic rings. The standard InChI is InChI=1S/C18H25NO4/c1-13-7-3-5-9-15(13)19-17(20)11-23-18(21)12-22-16-10-6-4-8-14(16)2/h4,6,8,10,13,15H,3,5,7,9,11-12H2,1-2H3,(H,19,20)/t13-,15+/m1/s1. The maximum absolute atomic E-state index is 11.9. The van der Waals surface area contributed by atoms with E-state index in [0.29, 0.717) is 11.7 Å². The first-order valence-corrected chi connectivity index (χ1v) is 8.19. The van der Waals surface area contributed by atoms with Gasteiger partial charge in [0.2, 0.25) is 0 Å². The van der Waals surface area contributed by atoms with Crippen molar-refractivity contribution in [3.8, 4) is 5.75 Å². The van der Waals surface area contributed by atoms with E-state index in [1.54, 1.807) is 6.07 Å². The normalized spacial score (nSPS) is 20.6. The molecule has 5 nitrogen and oxygen atoms in total. The molecule has 1 aliphatic carbocycles. The Morgan fingerprint density at radius 2 is 1.91 bits per heavy atom. The van der Waals surface area contributed by atoms with Crippen molar-refractivity contribution in [2.24, 2.45) is 5.92 Å². The fourth-order valence-corrected chi connectivity index (χ4v) is 2.82. The molecular formula is C18H25NO4. The summed E-state index contributed by atoms with van der Waals surface area (Å²) in [6, 6.07) is 7.63. The van der Waals surface area contributed by atoms with Crippen LogP contribution in [0.25, 0.3) is 0 Å². The van der Waals surface area contributed by atoms with Crippen LogP contribution in [0.3, 0.4) is 0 Å². The Morgan fingerprint density at radius 3 is 2.65 bits per heavy atom. The molecule has 0 spiro atoms. The number of ether oxygens (including phenoxy) is 2. The number of hydrogen-bond donors (Lipinski definition) is 1. The fourth-order valence-electron chi connectivity index (χ4n) is 2.82. The van der Waals surface area contributed by atoms with Crippen molar-refractivity contribution in [3.05, 3.63) is 29.8 Å². The highest BCUT2D eigenvalue weighted by molar-refractivity contribution is 5.81. The van der Waals surface area contributed by atoms with Crippen LogP contribution in [-0.4, -0.2) is 31.1 Å². The molecule has 2 rings (SSSR count). The monoisotopic (exact) mass is 319 g/mol. The summed E-state index contributed by atoms with van der Waals surface area (Å²) in [5.74, 6) is 0.339. The number of esters is 1. The van der Waals surface area contributed by atoms with Gasteiger partial charge in [0.15, 0.2) is 13.2 Å². The van der Waals surface area contributed by atoms with Crippen LogP contribution in [0.2, 0.25) is 0 Å². The smallest absolute Gasteiger partial charge is 0.344 e. The summed E-state index contributed by atoms with van der Waals surface area (Å²) in [5, 5.41) is 2.95. The quantitative estimate of drug-likeness (QED) is 0.819. The SMILES string of the molecule is Cc1ccccc1OCC(=O)OCC(=O)N[C@H]1CCCC[C@H]1C. The molecule has 23 heavy (non-hydrogen) atoms. The number of carbonyl (C=O) groups is 2. The number of para-hydroxylation sites is 1. The lowest BCUT2D eigenvalue weighted by molar-refractivity contribution is -0.150. The van der Waals surface area contributed by atoms with E-state index >= 15 is 0 Å². The molecule has 1 amide bonds. The fraction of sp³-hybridized carbons (Fsp3) is 0.556. The third kappa shape index (κ3) is 5.58. The lowest BCUT2D eigenvalue weighted by Crippen LogP contribution is -2.43. The molecule has 1 fully saturated rings. The first-order valence-electron chi connectivity index (χ1n) is 8.19. The molecule has 0 bridgehead atoms. The van der Waals surface area contributed by atoms with Crippen LogP contribution < -0.4 is 10.1 Å². The molecular weight excluding hydrogens is 294 g/mol. The molecule has 1 aromatic rings. The Hall–Kier alpha value is -2.04. The zero-order chi connectivity index (χ0) is 16.7. The van der Waals surface area contributed by atoms with E-state index in [1.807, 2.05) is 25.1 Å². The number of amides is 1. The Morgan fingerprint density at radius 1 is 1.17 bits per heavy atom. The van der Waals surface area contributed by atoms with Crippen molar-refractivity contribution in [2.75, 3.05) is 13.2 Å². The minimum Gasteiger partial charge on any atom is -0.482 e. The summed E-state index contributed by atoms with van der Waals surface area (Å²) < 4.78 is 10.4. The maximum Gasteiger partial charge on any atom is 0.344 e. The summed E-state index contributed by atoms with van der Waals surface area (Å²) in [4.78, 5) is 23.5. The van der Waals surface area contributed by atoms with Crippen molar-refractivity contribution in [1.82, 2.24) is 5.32 Å². The van der Waals surface area contributed by atoms with Gasteiger partial charge < -0.3 is 14.8 Å². The molecule has 1 aromatic carbocycles. The van der Waals surface area contributed by atoms with E-state index in [1.165, 1.54) is 6.42 Å². The highest BCUT2D eigenvalue weighted by Gasteiger charge is 2.23.